The quantitative estimate of drug-likeness (QED) is 0.473. The molecule has 2 aromatic carbocycles. The number of benzene rings is 2. The number of aromatic nitrogens is 1. The number of nitrogens with zero attached hydrogens (tertiary/aromatic N) is 1. The lowest BCUT2D eigenvalue weighted by Gasteiger charge is -2.16. The maximum absolute atomic E-state index is 13.0. The molecule has 176 valence electrons. The van der Waals surface area contributed by atoms with Gasteiger partial charge in [-0.05, 0) is 48.6 Å². The van der Waals surface area contributed by atoms with E-state index >= 15 is 0 Å². The average Bonchev–Trinajstić information content (AvgIpc) is 3.13. The monoisotopic (exact) mass is 496 g/mol. The summed E-state index contributed by atoms with van der Waals surface area (Å²) < 4.78 is 68.5. The molecule has 3 aromatic rings. The van der Waals surface area contributed by atoms with Crippen molar-refractivity contribution in [3.8, 4) is 5.88 Å². The van der Waals surface area contributed by atoms with Gasteiger partial charge < -0.3 is 10.1 Å². The van der Waals surface area contributed by atoms with Gasteiger partial charge in [0.25, 0.3) is 0 Å². The summed E-state index contributed by atoms with van der Waals surface area (Å²) >= 11 is 1.58. The van der Waals surface area contributed by atoms with E-state index in [0.717, 1.165) is 28.0 Å². The summed E-state index contributed by atoms with van der Waals surface area (Å²) in [6, 6.07) is 12.6. The molecule has 0 bridgehead atoms. The van der Waals surface area contributed by atoms with E-state index < -0.39 is 21.6 Å². The molecule has 1 saturated heterocycles. The lowest BCUT2D eigenvalue weighted by molar-refractivity contribution is -0.137. The minimum atomic E-state index is -4.43. The van der Waals surface area contributed by atoms with Crippen LogP contribution in [-0.2, 0) is 29.2 Å². The van der Waals surface area contributed by atoms with Crippen molar-refractivity contribution in [3.05, 3.63) is 65.2 Å². The molecule has 33 heavy (non-hydrogen) atoms. The number of thioether (sulfide) groups is 1. The number of hydrogen-bond donors (Lipinski definition) is 1. The van der Waals surface area contributed by atoms with Crippen LogP contribution in [0.1, 0.15) is 23.1 Å². The Bertz CT molecular complexity index is 1260. The van der Waals surface area contributed by atoms with Gasteiger partial charge in [0.15, 0.2) is 9.84 Å². The van der Waals surface area contributed by atoms with E-state index in [0.29, 0.717) is 29.9 Å². The summed E-state index contributed by atoms with van der Waals surface area (Å²) in [5.74, 6) is 0.564. The molecule has 1 N–H and O–H groups in total. The predicted octanol–water partition coefficient (Wildman–Crippen LogP) is 4.83. The van der Waals surface area contributed by atoms with E-state index in [4.69, 9.17) is 4.74 Å². The van der Waals surface area contributed by atoms with Gasteiger partial charge in [-0.2, -0.15) is 13.2 Å². The number of hydrogen-bond acceptors (Lipinski definition) is 6. The van der Waals surface area contributed by atoms with Crippen LogP contribution in [0.4, 0.5) is 13.2 Å². The number of pyridine rings is 1. The van der Waals surface area contributed by atoms with Crippen LogP contribution in [0.3, 0.4) is 0 Å². The Morgan fingerprint density at radius 2 is 2.00 bits per heavy atom. The van der Waals surface area contributed by atoms with Crippen molar-refractivity contribution in [2.75, 3.05) is 17.8 Å². The summed E-state index contributed by atoms with van der Waals surface area (Å²) in [6.45, 7) is 0.265. The van der Waals surface area contributed by atoms with Crippen molar-refractivity contribution in [2.24, 2.45) is 0 Å². The van der Waals surface area contributed by atoms with Crippen LogP contribution in [0.5, 0.6) is 5.88 Å². The molecule has 5 nitrogen and oxygen atoms in total. The Kier molecular flexibility index (Phi) is 6.88. The molecule has 1 fully saturated rings. The summed E-state index contributed by atoms with van der Waals surface area (Å²) in [6.07, 6.45) is -1.93. The molecule has 0 aliphatic carbocycles. The van der Waals surface area contributed by atoms with Gasteiger partial charge in [0.2, 0.25) is 5.88 Å². The van der Waals surface area contributed by atoms with Crippen molar-refractivity contribution in [1.29, 1.82) is 0 Å². The summed E-state index contributed by atoms with van der Waals surface area (Å²) in [5.41, 5.74) is 1.08. The molecule has 1 aliphatic rings. The smallest absolute Gasteiger partial charge is 0.416 e. The van der Waals surface area contributed by atoms with Crippen molar-refractivity contribution in [1.82, 2.24) is 10.3 Å². The SMILES string of the molecule is CSc1ccc2cc(CNC3CCS(=O)(=O)C3)c(OCc3cccc(C(F)(F)F)c3)nc2c1. The molecule has 10 heteroatoms. The van der Waals surface area contributed by atoms with Crippen LogP contribution >= 0.6 is 11.8 Å². The zero-order valence-electron chi connectivity index (χ0n) is 17.9. The van der Waals surface area contributed by atoms with Gasteiger partial charge in [-0.3, -0.25) is 0 Å². The fraction of sp³-hybridized carbons (Fsp3) is 0.348. The van der Waals surface area contributed by atoms with Gasteiger partial charge in [0.1, 0.15) is 6.61 Å². The number of ether oxygens (including phenoxy) is 1. The molecule has 1 atom stereocenters. The van der Waals surface area contributed by atoms with Crippen LogP contribution in [0.2, 0.25) is 0 Å². The fourth-order valence-corrected chi connectivity index (χ4v) is 5.89. The number of rotatable bonds is 7. The van der Waals surface area contributed by atoms with Gasteiger partial charge in [-0.25, -0.2) is 13.4 Å². The number of nitrogens with one attached hydrogen (secondary N) is 1. The van der Waals surface area contributed by atoms with Crippen LogP contribution in [0, 0.1) is 0 Å². The molecule has 1 unspecified atom stereocenters. The van der Waals surface area contributed by atoms with Gasteiger partial charge in [0.05, 0.1) is 22.6 Å². The third-order valence-electron chi connectivity index (χ3n) is 5.51. The molecule has 0 radical (unpaired) electrons. The van der Waals surface area contributed by atoms with Crippen LogP contribution in [0.25, 0.3) is 10.9 Å². The molecule has 1 aliphatic heterocycles. The largest absolute Gasteiger partial charge is 0.473 e. The molecule has 0 spiro atoms. The minimum Gasteiger partial charge on any atom is -0.473 e. The maximum Gasteiger partial charge on any atom is 0.416 e. The normalized spacial score (nSPS) is 18.0. The molecule has 4 rings (SSSR count). The highest BCUT2D eigenvalue weighted by Crippen LogP contribution is 2.30. The number of alkyl halides is 3. The highest BCUT2D eigenvalue weighted by atomic mass is 32.2. The predicted molar refractivity (Wildman–Crippen MR) is 123 cm³/mol. The van der Waals surface area contributed by atoms with Crippen molar-refractivity contribution >= 4 is 32.5 Å². The van der Waals surface area contributed by atoms with E-state index in [9.17, 15) is 21.6 Å². The fourth-order valence-electron chi connectivity index (χ4n) is 3.75. The standard InChI is InChI=1S/C23H23F3N2O3S2/c1-32-20-6-5-16-10-17(12-27-19-7-8-33(29,30)14-19)22(28-21(16)11-20)31-13-15-3-2-4-18(9-15)23(24,25)26/h2-6,9-11,19,27H,7-8,12-14H2,1H3. The summed E-state index contributed by atoms with van der Waals surface area (Å²) in [7, 11) is -3.02. The third-order valence-corrected chi connectivity index (χ3v) is 8.00. The van der Waals surface area contributed by atoms with E-state index in [1.54, 1.807) is 17.8 Å². The molecule has 0 amide bonds. The highest BCUT2D eigenvalue weighted by Gasteiger charge is 2.30. The zero-order valence-corrected chi connectivity index (χ0v) is 19.5. The Morgan fingerprint density at radius 1 is 1.18 bits per heavy atom. The second-order valence-corrected chi connectivity index (χ2v) is 11.1. The minimum absolute atomic E-state index is 0.0740. The number of sulfone groups is 1. The first-order valence-electron chi connectivity index (χ1n) is 10.3. The Morgan fingerprint density at radius 3 is 2.70 bits per heavy atom. The Labute approximate surface area is 194 Å². The highest BCUT2D eigenvalue weighted by molar-refractivity contribution is 7.98. The van der Waals surface area contributed by atoms with Crippen LogP contribution < -0.4 is 10.1 Å². The number of halogens is 3. The third kappa shape index (κ3) is 5.99. The Balaban J connectivity index is 1.59. The second kappa shape index (κ2) is 9.52. The summed E-state index contributed by atoms with van der Waals surface area (Å²) in [5, 5.41) is 4.15. The van der Waals surface area contributed by atoms with Gasteiger partial charge >= 0.3 is 6.18 Å². The first kappa shape index (κ1) is 23.8. The number of fused-ring (bicyclic) bond motifs is 1. The molecule has 2 heterocycles. The topological polar surface area (TPSA) is 68.3 Å². The van der Waals surface area contributed by atoms with Gasteiger partial charge in [-0.1, -0.05) is 18.2 Å². The van der Waals surface area contributed by atoms with Gasteiger partial charge in [0, 0.05) is 28.4 Å². The molecule has 1 aromatic heterocycles. The van der Waals surface area contributed by atoms with Crippen LogP contribution in [-0.4, -0.2) is 37.2 Å². The van der Waals surface area contributed by atoms with Crippen LogP contribution in [0.15, 0.2) is 53.4 Å². The lowest BCUT2D eigenvalue weighted by Crippen LogP contribution is -2.29. The average molecular weight is 497 g/mol. The van der Waals surface area contributed by atoms with E-state index in [1.165, 1.54) is 6.07 Å². The molecular weight excluding hydrogens is 473 g/mol. The van der Waals surface area contributed by atoms with Crippen molar-refractivity contribution in [3.63, 3.8) is 0 Å². The van der Waals surface area contributed by atoms with Crippen molar-refractivity contribution in [2.45, 2.75) is 36.7 Å². The van der Waals surface area contributed by atoms with Crippen molar-refractivity contribution < 1.29 is 26.3 Å². The Hall–Kier alpha value is -2.30. The first-order chi connectivity index (χ1) is 15.6. The molecular formula is C23H23F3N2O3S2. The lowest BCUT2D eigenvalue weighted by atomic mass is 10.1. The van der Waals surface area contributed by atoms with E-state index in [1.807, 2.05) is 30.5 Å². The summed E-state index contributed by atoms with van der Waals surface area (Å²) in [4.78, 5) is 5.66. The first-order valence-corrected chi connectivity index (χ1v) is 13.4. The molecule has 0 saturated carbocycles. The zero-order chi connectivity index (χ0) is 23.6. The van der Waals surface area contributed by atoms with E-state index in [2.05, 4.69) is 10.3 Å². The van der Waals surface area contributed by atoms with E-state index in [-0.39, 0.29) is 24.2 Å². The second-order valence-electron chi connectivity index (χ2n) is 7.98. The van der Waals surface area contributed by atoms with Gasteiger partial charge in [-0.15, -0.1) is 11.8 Å². The maximum atomic E-state index is 13.0.